The first kappa shape index (κ1) is 17.8. The number of hydrogen-bond donors (Lipinski definition) is 1. The molecule has 1 fully saturated rings. The number of amides is 1. The average molecular weight is 345 g/mol. The molecule has 1 aliphatic rings. The highest BCUT2D eigenvalue weighted by Gasteiger charge is 2.16. The van der Waals surface area contributed by atoms with Crippen molar-refractivity contribution in [3.63, 3.8) is 0 Å². The molecule has 0 aromatic heterocycles. The van der Waals surface area contributed by atoms with E-state index in [2.05, 4.69) is 28.7 Å². The van der Waals surface area contributed by atoms with E-state index in [0.717, 1.165) is 11.1 Å². The molecule has 1 aromatic rings. The molecule has 0 saturated carbocycles. The summed E-state index contributed by atoms with van der Waals surface area (Å²) in [7, 11) is 1.58. The Labute approximate surface area is 145 Å². The van der Waals surface area contributed by atoms with Gasteiger partial charge in [0.15, 0.2) is 16.7 Å². The summed E-state index contributed by atoms with van der Waals surface area (Å²) in [5, 5.41) is 11.1. The Kier molecular flexibility index (Phi) is 6.62. The number of thioether (sulfide) groups is 1. The van der Waals surface area contributed by atoms with E-state index in [1.54, 1.807) is 25.5 Å². The minimum Gasteiger partial charge on any atom is -0.493 e. The average Bonchev–Trinajstić information content (AvgIpc) is 2.99. The number of benzene rings is 1. The molecular formula is C17H19N3O3S. The zero-order valence-corrected chi connectivity index (χ0v) is 14.3. The van der Waals surface area contributed by atoms with Gasteiger partial charge in [-0.3, -0.25) is 4.79 Å². The fraction of sp³-hybridized carbons (Fsp3) is 0.235. The van der Waals surface area contributed by atoms with Gasteiger partial charge in [-0.05, 0) is 24.1 Å². The number of carbonyl (C=O) groups is 1. The van der Waals surface area contributed by atoms with Crippen LogP contribution in [0.5, 0.6) is 11.5 Å². The van der Waals surface area contributed by atoms with Crippen LogP contribution in [0.4, 0.5) is 0 Å². The Morgan fingerprint density at radius 3 is 2.83 bits per heavy atom. The number of hydrogen-bond acceptors (Lipinski definition) is 6. The third-order valence-corrected chi connectivity index (χ3v) is 3.89. The van der Waals surface area contributed by atoms with E-state index in [4.69, 9.17) is 9.47 Å². The van der Waals surface area contributed by atoms with Crippen LogP contribution in [0.3, 0.4) is 0 Å². The quantitative estimate of drug-likeness (QED) is 0.446. The zero-order chi connectivity index (χ0) is 17.4. The first-order chi connectivity index (χ1) is 11.7. The maximum Gasteiger partial charge on any atom is 0.236 e. The largest absolute Gasteiger partial charge is 0.493 e. The molecule has 2 rings (SSSR count). The Balaban J connectivity index is 2.26. The minimum atomic E-state index is -0.0624. The first-order valence-corrected chi connectivity index (χ1v) is 8.25. The maximum absolute atomic E-state index is 11.1. The Morgan fingerprint density at radius 2 is 2.21 bits per heavy atom. The molecule has 1 saturated heterocycles. The Hall–Kier alpha value is -2.54. The lowest BCUT2D eigenvalue weighted by molar-refractivity contribution is -0.116. The van der Waals surface area contributed by atoms with E-state index in [0.29, 0.717) is 35.4 Å². The molecule has 0 radical (unpaired) electrons. The van der Waals surface area contributed by atoms with Crippen molar-refractivity contribution in [3.8, 4) is 11.5 Å². The Bertz CT molecular complexity index is 699. The highest BCUT2D eigenvalue weighted by molar-refractivity contribution is 8.15. The van der Waals surface area contributed by atoms with E-state index in [9.17, 15) is 4.79 Å². The second-order valence-electron chi connectivity index (χ2n) is 4.79. The predicted octanol–water partition coefficient (Wildman–Crippen LogP) is 2.54. The van der Waals surface area contributed by atoms with Gasteiger partial charge in [-0.25, -0.2) is 0 Å². The van der Waals surface area contributed by atoms with Gasteiger partial charge < -0.3 is 14.8 Å². The van der Waals surface area contributed by atoms with E-state index in [1.807, 2.05) is 12.1 Å². The van der Waals surface area contributed by atoms with Gasteiger partial charge in [0.2, 0.25) is 5.91 Å². The van der Waals surface area contributed by atoms with Crippen LogP contribution in [-0.2, 0) is 11.2 Å². The molecule has 0 aliphatic carbocycles. The standard InChI is InChI=1S/C17H19N3O3S/c1-4-6-13-8-12(9-14(22-3)16(13)23-7-5-2)10-18-20-17-19-15(21)11-24-17/h4-5,8-10H,1-2,6-7,11H2,3H3,(H,19,20,21). The monoisotopic (exact) mass is 345 g/mol. The lowest BCUT2D eigenvalue weighted by atomic mass is 10.1. The van der Waals surface area contributed by atoms with Crippen LogP contribution in [0.15, 0.2) is 47.6 Å². The highest BCUT2D eigenvalue weighted by Crippen LogP contribution is 2.33. The van der Waals surface area contributed by atoms with Crippen LogP contribution in [0.2, 0.25) is 0 Å². The van der Waals surface area contributed by atoms with Crippen LogP contribution in [0.25, 0.3) is 0 Å². The van der Waals surface area contributed by atoms with Crippen molar-refractivity contribution >= 4 is 29.1 Å². The summed E-state index contributed by atoms with van der Waals surface area (Å²) in [5.41, 5.74) is 1.75. The van der Waals surface area contributed by atoms with Gasteiger partial charge in [0.1, 0.15) is 6.61 Å². The van der Waals surface area contributed by atoms with Gasteiger partial charge in [-0.2, -0.15) is 5.10 Å². The maximum atomic E-state index is 11.1. The molecular weight excluding hydrogens is 326 g/mol. The molecule has 1 aromatic carbocycles. The molecule has 1 aliphatic heterocycles. The van der Waals surface area contributed by atoms with Crippen molar-refractivity contribution in [2.75, 3.05) is 19.5 Å². The van der Waals surface area contributed by atoms with E-state index in [-0.39, 0.29) is 5.91 Å². The van der Waals surface area contributed by atoms with Crippen LogP contribution >= 0.6 is 11.8 Å². The van der Waals surface area contributed by atoms with Crippen molar-refractivity contribution in [1.82, 2.24) is 5.32 Å². The molecule has 6 nitrogen and oxygen atoms in total. The van der Waals surface area contributed by atoms with Gasteiger partial charge in [0.25, 0.3) is 0 Å². The number of amidine groups is 1. The van der Waals surface area contributed by atoms with Gasteiger partial charge >= 0.3 is 0 Å². The molecule has 7 heteroatoms. The number of allylic oxidation sites excluding steroid dienone is 1. The molecule has 1 heterocycles. The summed E-state index contributed by atoms with van der Waals surface area (Å²) in [4.78, 5) is 11.1. The molecule has 1 N–H and O–H groups in total. The van der Waals surface area contributed by atoms with E-state index < -0.39 is 0 Å². The molecule has 0 unspecified atom stereocenters. The lowest BCUT2D eigenvalue weighted by Crippen LogP contribution is -2.19. The molecule has 126 valence electrons. The van der Waals surface area contributed by atoms with Crippen LogP contribution in [-0.4, -0.2) is 36.8 Å². The summed E-state index contributed by atoms with van der Waals surface area (Å²) in [5.74, 6) is 1.59. The number of carbonyl (C=O) groups excluding carboxylic acids is 1. The number of rotatable bonds is 8. The third-order valence-electron chi connectivity index (χ3n) is 3.03. The fourth-order valence-corrected chi connectivity index (χ4v) is 2.68. The highest BCUT2D eigenvalue weighted by atomic mass is 32.2. The third kappa shape index (κ3) is 4.73. The van der Waals surface area contributed by atoms with Crippen molar-refractivity contribution < 1.29 is 14.3 Å². The van der Waals surface area contributed by atoms with E-state index in [1.165, 1.54) is 11.8 Å². The molecule has 24 heavy (non-hydrogen) atoms. The van der Waals surface area contributed by atoms with Gasteiger partial charge in [-0.1, -0.05) is 30.5 Å². The molecule has 0 atom stereocenters. The lowest BCUT2D eigenvalue weighted by Gasteiger charge is -2.14. The zero-order valence-electron chi connectivity index (χ0n) is 13.4. The minimum absolute atomic E-state index is 0.0624. The van der Waals surface area contributed by atoms with Gasteiger partial charge in [0, 0.05) is 5.56 Å². The topological polar surface area (TPSA) is 72.3 Å². The van der Waals surface area contributed by atoms with Crippen molar-refractivity contribution in [1.29, 1.82) is 0 Å². The summed E-state index contributed by atoms with van der Waals surface area (Å²) in [6.07, 6.45) is 5.70. The van der Waals surface area contributed by atoms with Crippen molar-refractivity contribution in [2.45, 2.75) is 6.42 Å². The second-order valence-corrected chi connectivity index (χ2v) is 5.75. The normalized spacial score (nSPS) is 15.5. The number of ether oxygens (including phenoxy) is 2. The Morgan fingerprint density at radius 1 is 1.38 bits per heavy atom. The smallest absolute Gasteiger partial charge is 0.236 e. The van der Waals surface area contributed by atoms with Crippen LogP contribution in [0, 0.1) is 0 Å². The number of nitrogens with zero attached hydrogens (tertiary/aromatic N) is 2. The summed E-state index contributed by atoms with van der Waals surface area (Å²) in [6, 6.07) is 3.75. The molecule has 1 amide bonds. The van der Waals surface area contributed by atoms with Gasteiger partial charge in [0.05, 0.1) is 19.1 Å². The summed E-state index contributed by atoms with van der Waals surface area (Å²) in [6.45, 7) is 7.81. The van der Waals surface area contributed by atoms with E-state index >= 15 is 0 Å². The van der Waals surface area contributed by atoms with Crippen molar-refractivity contribution in [3.05, 3.63) is 48.6 Å². The summed E-state index contributed by atoms with van der Waals surface area (Å²) < 4.78 is 11.1. The molecule has 0 spiro atoms. The predicted molar refractivity (Wildman–Crippen MR) is 98.2 cm³/mol. The number of methoxy groups -OCH3 is 1. The fourth-order valence-electron chi connectivity index (χ4n) is 2.05. The van der Waals surface area contributed by atoms with Crippen LogP contribution in [0.1, 0.15) is 11.1 Å². The second kappa shape index (κ2) is 8.93. The van der Waals surface area contributed by atoms with Crippen molar-refractivity contribution in [2.24, 2.45) is 10.2 Å². The molecule has 0 bridgehead atoms. The number of nitrogens with one attached hydrogen (secondary N) is 1. The summed E-state index contributed by atoms with van der Waals surface area (Å²) >= 11 is 1.32. The SMILES string of the molecule is C=CCOc1c(CC=C)cc(C=NN=C2NC(=O)CS2)cc1OC. The van der Waals surface area contributed by atoms with Crippen LogP contribution < -0.4 is 14.8 Å². The van der Waals surface area contributed by atoms with Gasteiger partial charge in [-0.15, -0.1) is 11.7 Å². The first-order valence-electron chi connectivity index (χ1n) is 7.27.